The number of carbonyl (C=O) groups excluding carboxylic acids is 1. The fourth-order valence-electron chi connectivity index (χ4n) is 2.02. The summed E-state index contributed by atoms with van der Waals surface area (Å²) in [6, 6.07) is 8.09. The molecule has 0 heterocycles. The van der Waals surface area contributed by atoms with Gasteiger partial charge >= 0.3 is 0 Å². The molecule has 0 aromatic heterocycles. The van der Waals surface area contributed by atoms with E-state index in [0.717, 1.165) is 25.1 Å². The molecule has 0 bridgehead atoms. The molecule has 4 heteroatoms. The molecule has 1 amide bonds. The van der Waals surface area contributed by atoms with Crippen LogP contribution in [0.3, 0.4) is 0 Å². The van der Waals surface area contributed by atoms with Crippen molar-refractivity contribution in [3.05, 3.63) is 35.4 Å². The molecule has 0 aliphatic carbocycles. The minimum Gasteiger partial charge on any atom is -0.348 e. The lowest BCUT2D eigenvalue weighted by atomic mass is 10.1. The Balaban J connectivity index is 2.76. The van der Waals surface area contributed by atoms with Crippen LogP contribution in [-0.2, 0) is 11.3 Å². The summed E-state index contributed by atoms with van der Waals surface area (Å²) in [4.78, 5) is 15.7. The zero-order chi connectivity index (χ0) is 15.7. The van der Waals surface area contributed by atoms with Gasteiger partial charge in [-0.2, -0.15) is 0 Å². The van der Waals surface area contributed by atoms with Crippen molar-refractivity contribution in [3.63, 3.8) is 0 Å². The summed E-state index contributed by atoms with van der Waals surface area (Å²) < 4.78 is 0. The van der Waals surface area contributed by atoms with Crippen LogP contribution < -0.4 is 5.73 Å². The maximum atomic E-state index is 11.9. The van der Waals surface area contributed by atoms with E-state index < -0.39 is 0 Å². The van der Waals surface area contributed by atoms with Gasteiger partial charge in [0.2, 0.25) is 5.91 Å². The Kier molecular flexibility index (Phi) is 7.52. The summed E-state index contributed by atoms with van der Waals surface area (Å²) in [6.07, 6.45) is 1.02. The van der Waals surface area contributed by atoms with Gasteiger partial charge in [0, 0.05) is 26.2 Å². The highest BCUT2D eigenvalue weighted by atomic mass is 16.2. The van der Waals surface area contributed by atoms with E-state index >= 15 is 0 Å². The molecular weight excluding hydrogens is 262 g/mol. The van der Waals surface area contributed by atoms with Crippen LogP contribution in [0, 0.1) is 11.8 Å². The van der Waals surface area contributed by atoms with E-state index in [1.54, 1.807) is 19.0 Å². The quantitative estimate of drug-likeness (QED) is 0.802. The maximum absolute atomic E-state index is 11.9. The van der Waals surface area contributed by atoms with Crippen LogP contribution in [-0.4, -0.2) is 49.4 Å². The zero-order valence-corrected chi connectivity index (χ0v) is 13.2. The fraction of sp³-hybridized carbons (Fsp3) is 0.471. The molecule has 1 aromatic carbocycles. The van der Waals surface area contributed by atoms with E-state index in [-0.39, 0.29) is 5.91 Å². The lowest BCUT2D eigenvalue weighted by Crippen LogP contribution is -2.36. The lowest BCUT2D eigenvalue weighted by molar-refractivity contribution is -0.130. The maximum Gasteiger partial charge on any atom is 0.236 e. The molecule has 0 atom stereocenters. The van der Waals surface area contributed by atoms with Crippen LogP contribution in [0.2, 0.25) is 0 Å². The van der Waals surface area contributed by atoms with Gasteiger partial charge in [0.15, 0.2) is 0 Å². The van der Waals surface area contributed by atoms with Gasteiger partial charge < -0.3 is 10.6 Å². The van der Waals surface area contributed by atoms with Gasteiger partial charge in [0.05, 0.1) is 13.1 Å². The van der Waals surface area contributed by atoms with Crippen LogP contribution in [0.5, 0.6) is 0 Å². The average molecular weight is 287 g/mol. The summed E-state index contributed by atoms with van der Waals surface area (Å²) in [6.45, 7) is 4.59. The van der Waals surface area contributed by atoms with Crippen LogP contribution in [0.25, 0.3) is 0 Å². The molecule has 21 heavy (non-hydrogen) atoms. The predicted molar refractivity (Wildman–Crippen MR) is 86.6 cm³/mol. The molecule has 0 radical (unpaired) electrons. The second kappa shape index (κ2) is 9.17. The molecule has 1 rings (SSSR count). The molecule has 4 nitrogen and oxygen atoms in total. The molecule has 0 aliphatic heterocycles. The van der Waals surface area contributed by atoms with Gasteiger partial charge in [-0.25, -0.2) is 0 Å². The molecule has 1 aromatic rings. The van der Waals surface area contributed by atoms with E-state index in [1.807, 2.05) is 12.1 Å². The smallest absolute Gasteiger partial charge is 0.236 e. The van der Waals surface area contributed by atoms with Crippen molar-refractivity contribution < 1.29 is 4.79 Å². The summed E-state index contributed by atoms with van der Waals surface area (Å²) in [5.74, 6) is 6.03. The first-order valence-electron chi connectivity index (χ1n) is 7.27. The Morgan fingerprint density at radius 3 is 2.71 bits per heavy atom. The first-order valence-corrected chi connectivity index (χ1v) is 7.27. The summed E-state index contributed by atoms with van der Waals surface area (Å²) in [5, 5.41) is 0. The van der Waals surface area contributed by atoms with Crippen LogP contribution >= 0.6 is 0 Å². The summed E-state index contributed by atoms with van der Waals surface area (Å²) >= 11 is 0. The van der Waals surface area contributed by atoms with Crippen LogP contribution in [0.15, 0.2) is 24.3 Å². The Bertz CT molecular complexity index is 514. The fourth-order valence-corrected chi connectivity index (χ4v) is 2.02. The molecule has 0 unspecified atom stereocenters. The Morgan fingerprint density at radius 1 is 1.33 bits per heavy atom. The number of carbonyl (C=O) groups is 1. The highest BCUT2D eigenvalue weighted by molar-refractivity contribution is 5.77. The van der Waals surface area contributed by atoms with Crippen LogP contribution in [0.1, 0.15) is 24.5 Å². The van der Waals surface area contributed by atoms with Crippen molar-refractivity contribution in [3.8, 4) is 11.8 Å². The highest BCUT2D eigenvalue weighted by Gasteiger charge is 2.12. The summed E-state index contributed by atoms with van der Waals surface area (Å²) in [7, 11) is 3.57. The largest absolute Gasteiger partial charge is 0.348 e. The van der Waals surface area contributed by atoms with Crippen molar-refractivity contribution in [1.29, 1.82) is 0 Å². The number of hydrogen-bond donors (Lipinski definition) is 1. The Morgan fingerprint density at radius 2 is 2.10 bits per heavy atom. The molecule has 0 fully saturated rings. The van der Waals surface area contributed by atoms with Crippen molar-refractivity contribution in [2.75, 3.05) is 33.7 Å². The zero-order valence-electron chi connectivity index (χ0n) is 13.2. The van der Waals surface area contributed by atoms with Crippen LogP contribution in [0.4, 0.5) is 0 Å². The molecule has 114 valence electrons. The molecule has 0 aliphatic rings. The number of nitrogens with zero attached hydrogens (tertiary/aromatic N) is 2. The molecule has 0 saturated heterocycles. The highest BCUT2D eigenvalue weighted by Crippen LogP contribution is 2.08. The second-order valence-electron chi connectivity index (χ2n) is 5.21. The predicted octanol–water partition coefficient (Wildman–Crippen LogP) is 1.30. The molecule has 2 N–H and O–H groups in total. The Labute approximate surface area is 127 Å². The van der Waals surface area contributed by atoms with Gasteiger partial charge in [0.1, 0.15) is 0 Å². The van der Waals surface area contributed by atoms with Crippen molar-refractivity contribution in [1.82, 2.24) is 9.80 Å². The third-order valence-corrected chi connectivity index (χ3v) is 3.07. The van der Waals surface area contributed by atoms with Gasteiger partial charge in [-0.1, -0.05) is 30.9 Å². The number of nitrogens with two attached hydrogens (primary N) is 1. The normalized spacial score (nSPS) is 10.1. The van der Waals surface area contributed by atoms with Crippen molar-refractivity contribution >= 4 is 5.91 Å². The van der Waals surface area contributed by atoms with E-state index in [0.29, 0.717) is 13.1 Å². The molecule has 0 spiro atoms. The van der Waals surface area contributed by atoms with Crippen molar-refractivity contribution in [2.45, 2.75) is 19.9 Å². The number of benzene rings is 1. The van der Waals surface area contributed by atoms with Gasteiger partial charge in [-0.05, 0) is 30.7 Å². The lowest BCUT2D eigenvalue weighted by Gasteiger charge is -2.23. The van der Waals surface area contributed by atoms with Crippen molar-refractivity contribution in [2.24, 2.45) is 5.73 Å². The minimum atomic E-state index is 0.127. The van der Waals surface area contributed by atoms with Gasteiger partial charge in [0.25, 0.3) is 0 Å². The average Bonchev–Trinajstić information content (AvgIpc) is 2.45. The minimum absolute atomic E-state index is 0.127. The first-order chi connectivity index (χ1) is 10.1. The number of likely N-dealkylation sites (N-methyl/N-ethyl adjacent to an activating group) is 1. The SMILES string of the molecule is CCCN(CC(=O)N(C)C)Cc1cccc(C#CCN)c1. The van der Waals surface area contributed by atoms with Gasteiger partial charge in [-0.15, -0.1) is 0 Å². The van der Waals surface area contributed by atoms with E-state index in [9.17, 15) is 4.79 Å². The standard InChI is InChI=1S/C17H25N3O/c1-4-11-20(14-17(21)19(2)3)13-16-8-5-7-15(12-16)9-6-10-18/h5,7-8,12H,4,10-11,13-14,18H2,1-3H3. The number of amides is 1. The second-order valence-corrected chi connectivity index (χ2v) is 5.21. The first kappa shape index (κ1) is 17.2. The van der Waals surface area contributed by atoms with E-state index in [4.69, 9.17) is 5.73 Å². The summed E-state index contributed by atoms with van der Waals surface area (Å²) in [5.41, 5.74) is 7.53. The number of rotatable bonds is 6. The molecule has 0 saturated carbocycles. The third kappa shape index (κ3) is 6.44. The van der Waals surface area contributed by atoms with E-state index in [2.05, 4.69) is 35.8 Å². The third-order valence-electron chi connectivity index (χ3n) is 3.07. The van der Waals surface area contributed by atoms with E-state index in [1.165, 1.54) is 5.56 Å². The number of hydrogen-bond acceptors (Lipinski definition) is 3. The molecular formula is C17H25N3O. The monoisotopic (exact) mass is 287 g/mol. The Hall–Kier alpha value is -1.83. The van der Waals surface area contributed by atoms with Gasteiger partial charge in [-0.3, -0.25) is 9.69 Å². The topological polar surface area (TPSA) is 49.6 Å².